The Morgan fingerprint density at radius 2 is 1.88 bits per heavy atom. The van der Waals surface area contributed by atoms with Gasteiger partial charge in [0.25, 0.3) is 0 Å². The molecule has 6 heteroatoms. The monoisotopic (exact) mass is 518 g/mol. The van der Waals surface area contributed by atoms with Gasteiger partial charge < -0.3 is 19.1 Å². The van der Waals surface area contributed by atoms with Crippen LogP contribution in [-0.4, -0.2) is 62.1 Å². The van der Waals surface area contributed by atoms with Crippen LogP contribution in [0.2, 0.25) is 0 Å². The molecule has 3 rings (SSSR count). The molecule has 1 atom stereocenters. The fraction of sp³-hybridized carbons (Fsp3) is 0.519. The first-order valence-corrected chi connectivity index (χ1v) is 12.7. The van der Waals surface area contributed by atoms with Crippen molar-refractivity contribution in [3.63, 3.8) is 0 Å². The molecule has 0 bridgehead atoms. The zero-order chi connectivity index (χ0) is 23.8. The fourth-order valence-corrected chi connectivity index (χ4v) is 4.94. The summed E-state index contributed by atoms with van der Waals surface area (Å²) in [7, 11) is 4.36. The highest BCUT2D eigenvalue weighted by Gasteiger charge is 2.26. The van der Waals surface area contributed by atoms with E-state index in [0.29, 0.717) is 37.7 Å². The third kappa shape index (κ3) is 8.13. The van der Waals surface area contributed by atoms with E-state index in [0.717, 1.165) is 27.5 Å². The molecule has 0 saturated carbocycles. The van der Waals surface area contributed by atoms with Crippen LogP contribution in [0.1, 0.15) is 36.5 Å². The number of aliphatic hydroxyl groups excluding tert-OH is 1. The van der Waals surface area contributed by atoms with E-state index in [1.165, 1.54) is 24.0 Å². The molecule has 0 radical (unpaired) electrons. The number of likely N-dealkylation sites (N-methyl/N-ethyl adjacent to an activating group) is 1. The molecule has 1 aliphatic carbocycles. The second kappa shape index (κ2) is 12.0. The first-order valence-electron chi connectivity index (χ1n) is 11.9. The lowest BCUT2D eigenvalue weighted by Gasteiger charge is -2.32. The average molecular weight is 520 g/mol. The number of hydrogen-bond acceptors (Lipinski definition) is 4. The van der Waals surface area contributed by atoms with Crippen LogP contribution in [0.4, 0.5) is 0 Å². The standard InChI is InChI=1S/C27H37BrNO4/c1-4-32-27(31)12-10-20-9-11-25(28)26(17-20)33-19-24(30)18-29(2,3)14-13-21-15-22-7-5-6-8-23(22)16-21/h5-9,11,17,21,24,30H,4,10,12-16,18-19H2,1-3H3/q+1/t24-/m1/s1. The van der Waals surface area contributed by atoms with Crippen molar-refractivity contribution in [1.82, 2.24) is 0 Å². The Bertz CT molecular complexity index is 905. The molecule has 180 valence electrons. The van der Waals surface area contributed by atoms with Gasteiger partial charge in [0.05, 0.1) is 31.7 Å². The summed E-state index contributed by atoms with van der Waals surface area (Å²) in [4.78, 5) is 11.6. The van der Waals surface area contributed by atoms with Gasteiger partial charge in [-0.2, -0.15) is 0 Å². The maximum absolute atomic E-state index is 11.6. The highest BCUT2D eigenvalue weighted by atomic mass is 79.9. The first kappa shape index (κ1) is 25.7. The van der Waals surface area contributed by atoms with Gasteiger partial charge in [-0.3, -0.25) is 4.79 Å². The van der Waals surface area contributed by atoms with E-state index in [2.05, 4.69) is 54.3 Å². The molecule has 0 spiro atoms. The number of carbonyl (C=O) groups excluding carboxylic acids is 1. The normalized spacial score (nSPS) is 14.7. The maximum Gasteiger partial charge on any atom is 0.306 e. The number of aryl methyl sites for hydroxylation is 1. The van der Waals surface area contributed by atoms with Crippen molar-refractivity contribution < 1.29 is 23.9 Å². The number of ether oxygens (including phenoxy) is 2. The van der Waals surface area contributed by atoms with E-state index in [-0.39, 0.29) is 12.6 Å². The van der Waals surface area contributed by atoms with Gasteiger partial charge in [0.1, 0.15) is 25.0 Å². The predicted molar refractivity (Wildman–Crippen MR) is 134 cm³/mol. The van der Waals surface area contributed by atoms with Crippen molar-refractivity contribution in [3.05, 3.63) is 63.6 Å². The Hall–Kier alpha value is -1.89. The third-order valence-electron chi connectivity index (χ3n) is 6.33. The minimum absolute atomic E-state index is 0.195. The lowest BCUT2D eigenvalue weighted by Crippen LogP contribution is -2.48. The number of aliphatic hydroxyl groups is 1. The predicted octanol–water partition coefficient (Wildman–Crippen LogP) is 4.57. The first-order chi connectivity index (χ1) is 15.8. The number of quaternary nitrogens is 1. The summed E-state index contributed by atoms with van der Waals surface area (Å²) < 4.78 is 12.5. The number of carbonyl (C=O) groups is 1. The molecule has 0 aromatic heterocycles. The molecule has 2 aromatic rings. The number of hydrogen-bond donors (Lipinski definition) is 1. The van der Waals surface area contributed by atoms with E-state index < -0.39 is 6.10 Å². The molecular weight excluding hydrogens is 482 g/mol. The van der Waals surface area contributed by atoms with Gasteiger partial charge in [0, 0.05) is 12.8 Å². The van der Waals surface area contributed by atoms with Crippen molar-refractivity contribution in [1.29, 1.82) is 0 Å². The van der Waals surface area contributed by atoms with Gasteiger partial charge in [-0.05, 0) is 76.9 Å². The number of halogens is 1. The zero-order valence-electron chi connectivity index (χ0n) is 20.1. The van der Waals surface area contributed by atoms with E-state index in [1.54, 1.807) is 0 Å². The minimum atomic E-state index is -0.559. The third-order valence-corrected chi connectivity index (χ3v) is 6.99. The Balaban J connectivity index is 1.43. The summed E-state index contributed by atoms with van der Waals surface area (Å²) in [5.41, 5.74) is 4.00. The highest BCUT2D eigenvalue weighted by Crippen LogP contribution is 2.29. The summed E-state index contributed by atoms with van der Waals surface area (Å²) in [6.07, 6.45) is 3.87. The van der Waals surface area contributed by atoms with Gasteiger partial charge in [0.15, 0.2) is 0 Å². The molecule has 0 aliphatic heterocycles. The largest absolute Gasteiger partial charge is 0.489 e. The van der Waals surface area contributed by atoms with Gasteiger partial charge >= 0.3 is 5.97 Å². The van der Waals surface area contributed by atoms with Crippen LogP contribution in [0, 0.1) is 5.92 Å². The van der Waals surface area contributed by atoms with E-state index in [9.17, 15) is 9.90 Å². The second-order valence-electron chi connectivity index (χ2n) is 9.71. The molecule has 1 aliphatic rings. The van der Waals surface area contributed by atoms with Crippen molar-refractivity contribution in [2.45, 2.75) is 45.1 Å². The highest BCUT2D eigenvalue weighted by molar-refractivity contribution is 9.10. The van der Waals surface area contributed by atoms with Gasteiger partial charge in [-0.15, -0.1) is 0 Å². The van der Waals surface area contributed by atoms with Crippen LogP contribution < -0.4 is 4.74 Å². The Labute approximate surface area is 206 Å². The summed E-state index contributed by atoms with van der Waals surface area (Å²) >= 11 is 3.52. The molecule has 0 fully saturated rings. The van der Waals surface area contributed by atoms with E-state index in [4.69, 9.17) is 9.47 Å². The van der Waals surface area contributed by atoms with Crippen molar-refractivity contribution in [2.75, 3.05) is 40.4 Å². The van der Waals surface area contributed by atoms with Gasteiger partial charge in [0.2, 0.25) is 0 Å². The van der Waals surface area contributed by atoms with E-state index >= 15 is 0 Å². The minimum Gasteiger partial charge on any atom is -0.489 e. The molecule has 0 saturated heterocycles. The van der Waals surface area contributed by atoms with Gasteiger partial charge in [-0.25, -0.2) is 0 Å². The van der Waals surface area contributed by atoms with Crippen LogP contribution in [-0.2, 0) is 28.8 Å². The number of fused-ring (bicyclic) bond motifs is 1. The molecular formula is C27H37BrNO4+. The SMILES string of the molecule is CCOC(=O)CCc1ccc(Br)c(OC[C@H](O)C[N+](C)(C)CCC2Cc3ccccc3C2)c1. The summed E-state index contributed by atoms with van der Waals surface area (Å²) in [5.74, 6) is 1.19. The lowest BCUT2D eigenvalue weighted by atomic mass is 10.0. The zero-order valence-corrected chi connectivity index (χ0v) is 21.6. The number of esters is 1. The van der Waals surface area contributed by atoms with Crippen LogP contribution in [0.15, 0.2) is 46.9 Å². The lowest BCUT2D eigenvalue weighted by molar-refractivity contribution is -0.894. The fourth-order valence-electron chi connectivity index (χ4n) is 4.58. The second-order valence-corrected chi connectivity index (χ2v) is 10.6. The summed E-state index contributed by atoms with van der Waals surface area (Å²) in [6, 6.07) is 14.6. The number of rotatable bonds is 12. The number of benzene rings is 2. The molecule has 1 N–H and O–H groups in total. The van der Waals surface area contributed by atoms with Crippen molar-refractivity contribution >= 4 is 21.9 Å². The maximum atomic E-state index is 11.6. The molecule has 0 heterocycles. The Kier molecular flexibility index (Phi) is 9.36. The Morgan fingerprint density at radius 3 is 2.55 bits per heavy atom. The van der Waals surface area contributed by atoms with Gasteiger partial charge in [-0.1, -0.05) is 30.3 Å². The van der Waals surface area contributed by atoms with Crippen LogP contribution >= 0.6 is 15.9 Å². The topological polar surface area (TPSA) is 55.8 Å². The van der Waals surface area contributed by atoms with Crippen LogP contribution in [0.25, 0.3) is 0 Å². The molecule has 5 nitrogen and oxygen atoms in total. The number of nitrogens with zero attached hydrogens (tertiary/aromatic N) is 1. The smallest absolute Gasteiger partial charge is 0.306 e. The summed E-state index contributed by atoms with van der Waals surface area (Å²) in [5, 5.41) is 10.7. The quantitative estimate of drug-likeness (QED) is 0.330. The Morgan fingerprint density at radius 1 is 1.18 bits per heavy atom. The van der Waals surface area contributed by atoms with Crippen molar-refractivity contribution in [3.8, 4) is 5.75 Å². The van der Waals surface area contributed by atoms with Crippen LogP contribution in [0.3, 0.4) is 0 Å². The molecule has 0 amide bonds. The average Bonchev–Trinajstić information content (AvgIpc) is 3.19. The molecule has 0 unspecified atom stereocenters. The van der Waals surface area contributed by atoms with Crippen LogP contribution in [0.5, 0.6) is 5.75 Å². The summed E-state index contributed by atoms with van der Waals surface area (Å²) in [6.45, 7) is 4.11. The molecule has 33 heavy (non-hydrogen) atoms. The van der Waals surface area contributed by atoms with Crippen molar-refractivity contribution in [2.24, 2.45) is 5.92 Å². The van der Waals surface area contributed by atoms with E-state index in [1.807, 2.05) is 25.1 Å². The molecule has 2 aromatic carbocycles.